The summed E-state index contributed by atoms with van der Waals surface area (Å²) in [6, 6.07) is 21.1. The number of amides is 2. The van der Waals surface area contributed by atoms with Gasteiger partial charge in [0.1, 0.15) is 5.75 Å². The summed E-state index contributed by atoms with van der Waals surface area (Å²) in [5, 5.41) is 17.3. The molecule has 0 atom stereocenters. The molecule has 0 aliphatic rings. The Morgan fingerprint density at radius 3 is 2.35 bits per heavy atom. The Labute approximate surface area is 177 Å². The number of hydrogen-bond acceptors (Lipinski definition) is 6. The second kappa shape index (κ2) is 10.3. The predicted octanol–water partition coefficient (Wildman–Crippen LogP) is 3.38. The summed E-state index contributed by atoms with van der Waals surface area (Å²) in [6.45, 7) is -0.200. The third kappa shape index (κ3) is 6.23. The van der Waals surface area contributed by atoms with Crippen molar-refractivity contribution in [3.05, 3.63) is 100 Å². The quantitative estimate of drug-likeness (QED) is 0.330. The van der Waals surface area contributed by atoms with Crippen molar-refractivity contribution in [3.8, 4) is 5.75 Å². The number of rotatable bonds is 8. The summed E-state index contributed by atoms with van der Waals surface area (Å²) in [4.78, 5) is 34.3. The number of hydrogen-bond donors (Lipinski definition) is 2. The number of anilines is 1. The van der Waals surface area contributed by atoms with Gasteiger partial charge in [0.05, 0.1) is 11.1 Å². The second-order valence-corrected chi connectivity index (χ2v) is 6.24. The van der Waals surface area contributed by atoms with E-state index in [0.29, 0.717) is 17.0 Å². The van der Waals surface area contributed by atoms with Crippen molar-refractivity contribution in [1.82, 2.24) is 5.43 Å². The highest BCUT2D eigenvalue weighted by molar-refractivity contribution is 5.95. The second-order valence-electron chi connectivity index (χ2n) is 6.24. The van der Waals surface area contributed by atoms with Gasteiger partial charge in [-0.2, -0.15) is 5.10 Å². The van der Waals surface area contributed by atoms with Crippen LogP contribution in [0.5, 0.6) is 5.75 Å². The largest absolute Gasteiger partial charge is 0.483 e. The van der Waals surface area contributed by atoms with Crippen molar-refractivity contribution in [1.29, 1.82) is 0 Å². The molecule has 31 heavy (non-hydrogen) atoms. The molecule has 9 nitrogen and oxygen atoms in total. The Bertz CT molecular complexity index is 1100. The number of carbonyl (C=O) groups excluding carboxylic acids is 2. The van der Waals surface area contributed by atoms with Crippen LogP contribution in [0.25, 0.3) is 0 Å². The molecule has 2 N–H and O–H groups in total. The normalized spacial score (nSPS) is 10.5. The smallest absolute Gasteiger partial charge is 0.271 e. The first-order chi connectivity index (χ1) is 15.0. The average molecular weight is 418 g/mol. The minimum atomic E-state index is -0.545. The summed E-state index contributed by atoms with van der Waals surface area (Å²) >= 11 is 0. The molecule has 9 heteroatoms. The number of carbonyl (C=O) groups is 2. The molecule has 0 spiro atoms. The van der Waals surface area contributed by atoms with E-state index in [1.54, 1.807) is 36.4 Å². The molecule has 0 bridgehead atoms. The van der Waals surface area contributed by atoms with Gasteiger partial charge in [-0.05, 0) is 36.4 Å². The van der Waals surface area contributed by atoms with Crippen LogP contribution in [0.4, 0.5) is 11.4 Å². The van der Waals surface area contributed by atoms with E-state index in [-0.39, 0.29) is 23.8 Å². The molecule has 3 aromatic rings. The Kier molecular flexibility index (Phi) is 7.04. The molecule has 2 amide bonds. The molecule has 0 saturated carbocycles. The summed E-state index contributed by atoms with van der Waals surface area (Å²) < 4.78 is 5.57. The first-order valence-corrected chi connectivity index (χ1v) is 9.17. The number of non-ortho nitro benzene ring substituents is 1. The van der Waals surface area contributed by atoms with Crippen molar-refractivity contribution < 1.29 is 19.2 Å². The fourth-order valence-corrected chi connectivity index (χ4v) is 2.54. The lowest BCUT2D eigenvalue weighted by Gasteiger charge is -2.09. The summed E-state index contributed by atoms with van der Waals surface area (Å²) in [6.07, 6.45) is 1.38. The van der Waals surface area contributed by atoms with Gasteiger partial charge in [-0.25, -0.2) is 5.43 Å². The van der Waals surface area contributed by atoms with Gasteiger partial charge >= 0.3 is 0 Å². The van der Waals surface area contributed by atoms with Gasteiger partial charge in [-0.15, -0.1) is 0 Å². The lowest BCUT2D eigenvalue weighted by Crippen LogP contribution is -2.20. The van der Waals surface area contributed by atoms with E-state index in [1.165, 1.54) is 30.5 Å². The van der Waals surface area contributed by atoms with Crippen LogP contribution >= 0.6 is 0 Å². The van der Waals surface area contributed by atoms with Crippen molar-refractivity contribution in [3.63, 3.8) is 0 Å². The molecule has 0 radical (unpaired) electrons. The van der Waals surface area contributed by atoms with Crippen molar-refractivity contribution >= 4 is 29.4 Å². The maximum Gasteiger partial charge on any atom is 0.271 e. The molecular weight excluding hydrogens is 400 g/mol. The van der Waals surface area contributed by atoms with E-state index >= 15 is 0 Å². The molecule has 3 rings (SSSR count). The van der Waals surface area contributed by atoms with E-state index in [1.807, 2.05) is 18.2 Å². The molecular formula is C22H18N4O5. The Morgan fingerprint density at radius 2 is 1.65 bits per heavy atom. The topological polar surface area (TPSA) is 123 Å². The molecule has 0 aliphatic carbocycles. The highest BCUT2D eigenvalue weighted by Crippen LogP contribution is 2.16. The van der Waals surface area contributed by atoms with Crippen LogP contribution in [0.2, 0.25) is 0 Å². The zero-order chi connectivity index (χ0) is 22.1. The van der Waals surface area contributed by atoms with Crippen LogP contribution in [0, 0.1) is 10.1 Å². The molecule has 0 aliphatic heterocycles. The van der Waals surface area contributed by atoms with Crippen LogP contribution in [-0.2, 0) is 4.79 Å². The van der Waals surface area contributed by atoms with Crippen LogP contribution in [0.15, 0.2) is 84.0 Å². The maximum atomic E-state index is 12.1. The van der Waals surface area contributed by atoms with Gasteiger partial charge in [0.15, 0.2) is 6.61 Å². The molecule has 0 aromatic heterocycles. The van der Waals surface area contributed by atoms with Crippen LogP contribution in [-0.4, -0.2) is 29.6 Å². The maximum absolute atomic E-state index is 12.1. The zero-order valence-electron chi connectivity index (χ0n) is 16.2. The minimum Gasteiger partial charge on any atom is -0.483 e. The van der Waals surface area contributed by atoms with Crippen LogP contribution in [0.1, 0.15) is 15.9 Å². The van der Waals surface area contributed by atoms with Crippen LogP contribution < -0.4 is 15.5 Å². The number of nitro groups is 1. The van der Waals surface area contributed by atoms with Gasteiger partial charge in [0.2, 0.25) is 0 Å². The standard InChI is InChI=1S/C22H18N4O5/c27-21(24-18-7-2-1-3-8-18)15-31-20-9-5-4-6-17(20)14-23-25-22(28)16-10-12-19(13-11-16)26(29)30/h1-14H,15H2,(H,24,27)(H,25,28)/b23-14+. The summed E-state index contributed by atoms with van der Waals surface area (Å²) in [7, 11) is 0. The number of hydrazone groups is 1. The number of ether oxygens (including phenoxy) is 1. The van der Waals surface area contributed by atoms with Crippen molar-refractivity contribution in [2.45, 2.75) is 0 Å². The summed E-state index contributed by atoms with van der Waals surface area (Å²) in [5.41, 5.74) is 3.69. The lowest BCUT2D eigenvalue weighted by atomic mass is 10.2. The van der Waals surface area contributed by atoms with Crippen molar-refractivity contribution in [2.75, 3.05) is 11.9 Å². The Morgan fingerprint density at radius 1 is 0.968 bits per heavy atom. The van der Waals surface area contributed by atoms with Gasteiger partial charge in [0.25, 0.3) is 17.5 Å². The first kappa shape index (κ1) is 21.2. The predicted molar refractivity (Wildman–Crippen MR) is 115 cm³/mol. The fraction of sp³-hybridized carbons (Fsp3) is 0.0455. The SMILES string of the molecule is O=C(COc1ccccc1/C=N/NC(=O)c1ccc([N+](=O)[O-])cc1)Nc1ccccc1. The van der Waals surface area contributed by atoms with Crippen molar-refractivity contribution in [2.24, 2.45) is 5.10 Å². The monoisotopic (exact) mass is 418 g/mol. The van der Waals surface area contributed by atoms with Gasteiger partial charge in [-0.3, -0.25) is 19.7 Å². The summed E-state index contributed by atoms with van der Waals surface area (Å²) in [5.74, 6) is -0.421. The molecule has 0 saturated heterocycles. The molecule has 0 fully saturated rings. The number of para-hydroxylation sites is 2. The Hall–Kier alpha value is -4.53. The van der Waals surface area contributed by atoms with E-state index in [4.69, 9.17) is 4.74 Å². The molecule has 0 heterocycles. The van der Waals surface area contributed by atoms with Gasteiger partial charge in [-0.1, -0.05) is 30.3 Å². The third-order valence-corrected chi connectivity index (χ3v) is 4.05. The third-order valence-electron chi connectivity index (χ3n) is 4.05. The lowest BCUT2D eigenvalue weighted by molar-refractivity contribution is -0.384. The van der Waals surface area contributed by atoms with Gasteiger partial charge in [0, 0.05) is 28.9 Å². The zero-order valence-corrected chi connectivity index (χ0v) is 16.2. The molecule has 0 unspecified atom stereocenters. The number of nitrogens with zero attached hydrogens (tertiary/aromatic N) is 2. The van der Waals surface area contributed by atoms with Crippen LogP contribution in [0.3, 0.4) is 0 Å². The minimum absolute atomic E-state index is 0.109. The van der Waals surface area contributed by atoms with E-state index in [0.717, 1.165) is 0 Å². The molecule has 3 aromatic carbocycles. The molecule has 156 valence electrons. The Balaban J connectivity index is 1.57. The van der Waals surface area contributed by atoms with E-state index < -0.39 is 10.8 Å². The van der Waals surface area contributed by atoms with E-state index in [9.17, 15) is 19.7 Å². The number of nitro benzene ring substituents is 1. The highest BCUT2D eigenvalue weighted by Gasteiger charge is 2.09. The van der Waals surface area contributed by atoms with Gasteiger partial charge < -0.3 is 10.1 Å². The fourth-order valence-electron chi connectivity index (χ4n) is 2.54. The average Bonchev–Trinajstić information content (AvgIpc) is 2.79. The highest BCUT2D eigenvalue weighted by atomic mass is 16.6. The number of nitrogens with one attached hydrogen (secondary N) is 2. The number of benzene rings is 3. The van der Waals surface area contributed by atoms with E-state index in [2.05, 4.69) is 15.8 Å². The first-order valence-electron chi connectivity index (χ1n) is 9.17.